The second kappa shape index (κ2) is 7.83. The fraction of sp³-hybridized carbons (Fsp3) is 0.200. The Labute approximate surface area is 159 Å². The standard InChI is InChI=1S/C20H18BrFN2O2/c1-12-3-4-14(9-13(12)2)18-11-23-20(26-18)8-7-19(25)24-17-6-5-15(21)10-16(17)22/h3-6,9-11H,7-8H2,1-2H3,(H,24,25). The summed E-state index contributed by atoms with van der Waals surface area (Å²) in [5.41, 5.74) is 3.50. The quantitative estimate of drug-likeness (QED) is 0.602. The summed E-state index contributed by atoms with van der Waals surface area (Å²) < 4.78 is 20.1. The summed E-state index contributed by atoms with van der Waals surface area (Å²) >= 11 is 3.18. The molecule has 0 saturated carbocycles. The van der Waals surface area contributed by atoms with Crippen molar-refractivity contribution in [3.63, 3.8) is 0 Å². The van der Waals surface area contributed by atoms with E-state index in [1.54, 1.807) is 12.3 Å². The summed E-state index contributed by atoms with van der Waals surface area (Å²) in [7, 11) is 0. The third kappa shape index (κ3) is 4.38. The van der Waals surface area contributed by atoms with E-state index in [-0.39, 0.29) is 18.0 Å². The lowest BCUT2D eigenvalue weighted by Gasteiger charge is -2.06. The normalized spacial score (nSPS) is 10.8. The molecule has 4 nitrogen and oxygen atoms in total. The van der Waals surface area contributed by atoms with Gasteiger partial charge in [-0.05, 0) is 49.2 Å². The van der Waals surface area contributed by atoms with Gasteiger partial charge >= 0.3 is 0 Å². The van der Waals surface area contributed by atoms with Gasteiger partial charge in [-0.25, -0.2) is 9.37 Å². The maximum atomic E-state index is 13.8. The third-order valence-electron chi connectivity index (χ3n) is 4.12. The van der Waals surface area contributed by atoms with Gasteiger partial charge in [-0.3, -0.25) is 4.79 Å². The minimum absolute atomic E-state index is 0.154. The van der Waals surface area contributed by atoms with Gasteiger partial charge in [0.1, 0.15) is 5.82 Å². The molecule has 6 heteroatoms. The van der Waals surface area contributed by atoms with Crippen molar-refractivity contribution in [2.75, 3.05) is 5.32 Å². The maximum Gasteiger partial charge on any atom is 0.224 e. The summed E-state index contributed by atoms with van der Waals surface area (Å²) in [6.45, 7) is 4.10. The first-order valence-electron chi connectivity index (χ1n) is 8.19. The highest BCUT2D eigenvalue weighted by Crippen LogP contribution is 2.24. The Balaban J connectivity index is 1.60. The molecule has 1 N–H and O–H groups in total. The van der Waals surface area contributed by atoms with E-state index < -0.39 is 5.82 Å². The van der Waals surface area contributed by atoms with E-state index in [2.05, 4.69) is 33.2 Å². The summed E-state index contributed by atoms with van der Waals surface area (Å²) in [6.07, 6.45) is 2.16. The fourth-order valence-electron chi connectivity index (χ4n) is 2.48. The Kier molecular flexibility index (Phi) is 5.52. The summed E-state index contributed by atoms with van der Waals surface area (Å²) in [5, 5.41) is 2.56. The highest BCUT2D eigenvalue weighted by Gasteiger charge is 2.11. The number of benzene rings is 2. The van der Waals surface area contributed by atoms with Crippen LogP contribution in [0.25, 0.3) is 11.3 Å². The molecular weight excluding hydrogens is 399 g/mol. The third-order valence-corrected chi connectivity index (χ3v) is 4.61. The molecule has 1 amide bonds. The molecule has 0 atom stereocenters. The number of hydrogen-bond acceptors (Lipinski definition) is 3. The highest BCUT2D eigenvalue weighted by molar-refractivity contribution is 9.10. The second-order valence-electron chi connectivity index (χ2n) is 6.09. The molecule has 3 aromatic rings. The molecule has 134 valence electrons. The van der Waals surface area contributed by atoms with Gasteiger partial charge in [-0.2, -0.15) is 0 Å². The smallest absolute Gasteiger partial charge is 0.224 e. The van der Waals surface area contributed by atoms with Crippen molar-refractivity contribution < 1.29 is 13.6 Å². The van der Waals surface area contributed by atoms with Crippen LogP contribution in [0.4, 0.5) is 10.1 Å². The van der Waals surface area contributed by atoms with Crippen LogP contribution >= 0.6 is 15.9 Å². The number of aromatic nitrogens is 1. The zero-order valence-corrected chi connectivity index (χ0v) is 16.1. The van der Waals surface area contributed by atoms with Crippen LogP contribution in [-0.2, 0) is 11.2 Å². The van der Waals surface area contributed by atoms with Gasteiger partial charge in [0.05, 0.1) is 11.9 Å². The number of carbonyl (C=O) groups excluding carboxylic acids is 1. The van der Waals surface area contributed by atoms with Crippen LogP contribution < -0.4 is 5.32 Å². The molecule has 2 aromatic carbocycles. The largest absolute Gasteiger partial charge is 0.441 e. The lowest BCUT2D eigenvalue weighted by atomic mass is 10.1. The molecule has 26 heavy (non-hydrogen) atoms. The Morgan fingerprint density at radius 3 is 2.73 bits per heavy atom. The number of carbonyl (C=O) groups is 1. The van der Waals surface area contributed by atoms with E-state index in [0.717, 1.165) is 5.56 Å². The fourth-order valence-corrected chi connectivity index (χ4v) is 2.81. The van der Waals surface area contributed by atoms with E-state index >= 15 is 0 Å². The molecule has 0 bridgehead atoms. The van der Waals surface area contributed by atoms with E-state index in [0.29, 0.717) is 22.5 Å². The van der Waals surface area contributed by atoms with Crippen LogP contribution in [0, 0.1) is 19.7 Å². The lowest BCUT2D eigenvalue weighted by molar-refractivity contribution is -0.116. The number of nitrogens with zero attached hydrogens (tertiary/aromatic N) is 1. The minimum atomic E-state index is -0.485. The van der Waals surface area contributed by atoms with Crippen molar-refractivity contribution in [2.45, 2.75) is 26.7 Å². The van der Waals surface area contributed by atoms with E-state index in [4.69, 9.17) is 4.42 Å². The summed E-state index contributed by atoms with van der Waals surface area (Å²) in [5.74, 6) is 0.366. The molecule has 0 aliphatic heterocycles. The molecule has 0 fully saturated rings. The molecule has 0 aliphatic carbocycles. The van der Waals surface area contributed by atoms with Crippen molar-refractivity contribution >= 4 is 27.5 Å². The van der Waals surface area contributed by atoms with Gasteiger partial charge in [0, 0.05) is 22.9 Å². The maximum absolute atomic E-state index is 13.8. The van der Waals surface area contributed by atoms with Crippen LogP contribution in [0.3, 0.4) is 0 Å². The first-order chi connectivity index (χ1) is 12.4. The lowest BCUT2D eigenvalue weighted by Crippen LogP contribution is -2.13. The van der Waals surface area contributed by atoms with Crippen LogP contribution in [0.1, 0.15) is 23.4 Å². The van der Waals surface area contributed by atoms with Gasteiger partial charge in [0.2, 0.25) is 5.91 Å². The minimum Gasteiger partial charge on any atom is -0.441 e. The molecule has 0 saturated heterocycles. The first kappa shape index (κ1) is 18.3. The predicted molar refractivity (Wildman–Crippen MR) is 102 cm³/mol. The topological polar surface area (TPSA) is 55.1 Å². The van der Waals surface area contributed by atoms with Gasteiger partial charge in [-0.15, -0.1) is 0 Å². The van der Waals surface area contributed by atoms with Crippen molar-refractivity contribution in [3.05, 3.63) is 69.9 Å². The SMILES string of the molecule is Cc1ccc(-c2cnc(CCC(=O)Nc3ccc(Br)cc3F)o2)cc1C. The van der Waals surface area contributed by atoms with Crippen molar-refractivity contribution in [1.29, 1.82) is 0 Å². The average Bonchev–Trinajstić information content (AvgIpc) is 3.07. The van der Waals surface area contributed by atoms with Crippen molar-refractivity contribution in [2.24, 2.45) is 0 Å². The Morgan fingerprint density at radius 1 is 1.19 bits per heavy atom. The van der Waals surface area contributed by atoms with Crippen LogP contribution in [0.5, 0.6) is 0 Å². The summed E-state index contributed by atoms with van der Waals surface area (Å²) in [4.78, 5) is 16.2. The number of rotatable bonds is 5. The number of oxazole rings is 1. The number of hydrogen-bond donors (Lipinski definition) is 1. The van der Waals surface area contributed by atoms with Crippen LogP contribution in [0.2, 0.25) is 0 Å². The van der Waals surface area contributed by atoms with Crippen molar-refractivity contribution in [1.82, 2.24) is 4.98 Å². The monoisotopic (exact) mass is 416 g/mol. The van der Waals surface area contributed by atoms with Crippen LogP contribution in [0.15, 0.2) is 51.5 Å². The van der Waals surface area contributed by atoms with Crippen molar-refractivity contribution in [3.8, 4) is 11.3 Å². The number of nitrogens with one attached hydrogen (secondary N) is 1. The predicted octanol–water partition coefficient (Wildman–Crippen LogP) is 5.43. The van der Waals surface area contributed by atoms with Gasteiger partial charge < -0.3 is 9.73 Å². The first-order valence-corrected chi connectivity index (χ1v) is 8.99. The molecule has 0 radical (unpaired) electrons. The molecule has 0 spiro atoms. The Bertz CT molecular complexity index is 953. The zero-order valence-electron chi connectivity index (χ0n) is 14.5. The highest BCUT2D eigenvalue weighted by atomic mass is 79.9. The van der Waals surface area contributed by atoms with Gasteiger partial charge in [0.25, 0.3) is 0 Å². The molecule has 1 heterocycles. The Morgan fingerprint density at radius 2 is 2.00 bits per heavy atom. The number of aryl methyl sites for hydroxylation is 3. The summed E-state index contributed by atoms with van der Waals surface area (Å²) in [6, 6.07) is 10.5. The number of halogens is 2. The molecule has 0 unspecified atom stereocenters. The molecular formula is C20H18BrFN2O2. The zero-order chi connectivity index (χ0) is 18.7. The molecule has 3 rings (SSSR count). The molecule has 0 aliphatic rings. The number of amides is 1. The van der Waals surface area contributed by atoms with Gasteiger partial charge in [0.15, 0.2) is 11.7 Å². The molecule has 1 aromatic heterocycles. The number of anilines is 1. The van der Waals surface area contributed by atoms with E-state index in [1.165, 1.54) is 23.3 Å². The van der Waals surface area contributed by atoms with Gasteiger partial charge in [-0.1, -0.05) is 28.1 Å². The second-order valence-corrected chi connectivity index (χ2v) is 7.01. The van der Waals surface area contributed by atoms with E-state index in [1.807, 2.05) is 25.1 Å². The van der Waals surface area contributed by atoms with E-state index in [9.17, 15) is 9.18 Å². The average molecular weight is 417 g/mol. The van der Waals surface area contributed by atoms with Crippen LogP contribution in [-0.4, -0.2) is 10.9 Å². The Hall–Kier alpha value is -2.47.